The second-order valence-corrected chi connectivity index (χ2v) is 4.81. The molecule has 1 saturated heterocycles. The number of aromatic nitrogens is 2. The number of hydrazine groups is 1. The second kappa shape index (κ2) is 7.37. The van der Waals surface area contributed by atoms with Crippen LogP contribution < -0.4 is 16.6 Å². The van der Waals surface area contributed by atoms with E-state index in [2.05, 4.69) is 39.5 Å². The molecule has 7 nitrogen and oxygen atoms in total. The SMILES string of the molecule is CCc1c(NN)ncnc1NCC1CN(CC)CCO1. The van der Waals surface area contributed by atoms with Crippen molar-refractivity contribution in [2.75, 3.05) is 43.5 Å². The van der Waals surface area contributed by atoms with E-state index in [1.165, 1.54) is 6.33 Å². The zero-order valence-electron chi connectivity index (χ0n) is 12.2. The molecular formula is C13H24N6O. The van der Waals surface area contributed by atoms with Gasteiger partial charge in [0.15, 0.2) is 0 Å². The highest BCUT2D eigenvalue weighted by Gasteiger charge is 2.19. The Morgan fingerprint density at radius 2 is 2.20 bits per heavy atom. The van der Waals surface area contributed by atoms with Crippen molar-refractivity contribution in [1.29, 1.82) is 0 Å². The molecule has 0 aliphatic carbocycles. The maximum Gasteiger partial charge on any atom is 0.148 e. The van der Waals surface area contributed by atoms with Crippen LogP contribution in [0.1, 0.15) is 19.4 Å². The zero-order valence-corrected chi connectivity index (χ0v) is 12.2. The molecule has 7 heteroatoms. The summed E-state index contributed by atoms with van der Waals surface area (Å²) in [5.41, 5.74) is 3.61. The van der Waals surface area contributed by atoms with Crippen LogP contribution in [0.4, 0.5) is 11.6 Å². The van der Waals surface area contributed by atoms with E-state index >= 15 is 0 Å². The molecule has 1 fully saturated rings. The number of anilines is 2. The van der Waals surface area contributed by atoms with Gasteiger partial charge in [-0.25, -0.2) is 15.8 Å². The molecule has 0 spiro atoms. The van der Waals surface area contributed by atoms with E-state index in [9.17, 15) is 0 Å². The molecule has 0 saturated carbocycles. The first-order valence-electron chi connectivity index (χ1n) is 7.16. The van der Waals surface area contributed by atoms with Gasteiger partial charge in [0.2, 0.25) is 0 Å². The number of likely N-dealkylation sites (N-methyl/N-ethyl adjacent to an activating group) is 1. The summed E-state index contributed by atoms with van der Waals surface area (Å²) in [7, 11) is 0. The number of rotatable bonds is 6. The summed E-state index contributed by atoms with van der Waals surface area (Å²) < 4.78 is 5.77. The standard InChI is InChI=1S/C13H24N6O/c1-3-11-12(16-9-17-13(11)18-14)15-7-10-8-19(4-2)5-6-20-10/h9-10H,3-8,14H2,1-2H3,(H2,15,16,17,18). The van der Waals surface area contributed by atoms with Crippen LogP contribution >= 0.6 is 0 Å². The highest BCUT2D eigenvalue weighted by Crippen LogP contribution is 2.19. The van der Waals surface area contributed by atoms with Gasteiger partial charge < -0.3 is 15.5 Å². The largest absolute Gasteiger partial charge is 0.374 e. The smallest absolute Gasteiger partial charge is 0.148 e. The van der Waals surface area contributed by atoms with Crippen molar-refractivity contribution < 1.29 is 4.74 Å². The number of morpholine rings is 1. The van der Waals surface area contributed by atoms with Crippen LogP contribution in [0.5, 0.6) is 0 Å². The molecule has 2 heterocycles. The van der Waals surface area contributed by atoms with Crippen molar-refractivity contribution in [2.45, 2.75) is 26.4 Å². The van der Waals surface area contributed by atoms with Gasteiger partial charge >= 0.3 is 0 Å². The molecule has 0 radical (unpaired) electrons. The van der Waals surface area contributed by atoms with Crippen molar-refractivity contribution in [3.8, 4) is 0 Å². The number of hydrogen-bond donors (Lipinski definition) is 3. The van der Waals surface area contributed by atoms with Crippen molar-refractivity contribution in [2.24, 2.45) is 5.84 Å². The van der Waals surface area contributed by atoms with Gasteiger partial charge in [-0.2, -0.15) is 0 Å². The molecule has 0 amide bonds. The third-order valence-electron chi connectivity index (χ3n) is 3.60. The number of nitrogens with zero attached hydrogens (tertiary/aromatic N) is 3. The van der Waals surface area contributed by atoms with Gasteiger partial charge in [-0.3, -0.25) is 4.90 Å². The van der Waals surface area contributed by atoms with Crippen LogP contribution in [-0.4, -0.2) is 53.8 Å². The Bertz CT molecular complexity index is 427. The fourth-order valence-corrected chi connectivity index (χ4v) is 2.43. The lowest BCUT2D eigenvalue weighted by molar-refractivity contribution is -0.0192. The summed E-state index contributed by atoms with van der Waals surface area (Å²) in [4.78, 5) is 10.8. The Balaban J connectivity index is 1.96. The topological polar surface area (TPSA) is 88.3 Å². The molecule has 0 bridgehead atoms. The van der Waals surface area contributed by atoms with E-state index in [0.717, 1.165) is 50.6 Å². The van der Waals surface area contributed by atoms with Crippen molar-refractivity contribution in [1.82, 2.24) is 14.9 Å². The Morgan fingerprint density at radius 3 is 2.90 bits per heavy atom. The molecule has 20 heavy (non-hydrogen) atoms. The van der Waals surface area contributed by atoms with E-state index in [4.69, 9.17) is 10.6 Å². The second-order valence-electron chi connectivity index (χ2n) is 4.81. The summed E-state index contributed by atoms with van der Waals surface area (Å²) in [6, 6.07) is 0. The predicted octanol–water partition coefficient (Wildman–Crippen LogP) is 0.457. The lowest BCUT2D eigenvalue weighted by Crippen LogP contribution is -2.45. The Morgan fingerprint density at radius 1 is 1.40 bits per heavy atom. The number of nitrogen functional groups attached to an aromatic ring is 1. The van der Waals surface area contributed by atoms with E-state index < -0.39 is 0 Å². The fraction of sp³-hybridized carbons (Fsp3) is 0.692. The molecule has 1 aliphatic heterocycles. The van der Waals surface area contributed by atoms with E-state index in [1.807, 2.05) is 0 Å². The fourth-order valence-electron chi connectivity index (χ4n) is 2.43. The molecular weight excluding hydrogens is 256 g/mol. The van der Waals surface area contributed by atoms with Crippen LogP contribution in [0.25, 0.3) is 0 Å². The maximum atomic E-state index is 5.77. The minimum atomic E-state index is 0.192. The average molecular weight is 280 g/mol. The van der Waals surface area contributed by atoms with Gasteiger partial charge in [0.25, 0.3) is 0 Å². The summed E-state index contributed by atoms with van der Waals surface area (Å²) in [5.74, 6) is 6.97. The van der Waals surface area contributed by atoms with Crippen molar-refractivity contribution in [3.63, 3.8) is 0 Å². The lowest BCUT2D eigenvalue weighted by Gasteiger charge is -2.32. The summed E-state index contributed by atoms with van der Waals surface area (Å²) in [6.45, 7) is 8.80. The summed E-state index contributed by atoms with van der Waals surface area (Å²) in [5, 5.41) is 3.35. The van der Waals surface area contributed by atoms with E-state index in [-0.39, 0.29) is 6.10 Å². The molecule has 0 aromatic carbocycles. The van der Waals surface area contributed by atoms with Crippen LogP contribution in [0.15, 0.2) is 6.33 Å². The third kappa shape index (κ3) is 3.56. The summed E-state index contributed by atoms with van der Waals surface area (Å²) >= 11 is 0. The Kier molecular flexibility index (Phi) is 5.51. The highest BCUT2D eigenvalue weighted by molar-refractivity contribution is 5.56. The normalized spacial score (nSPS) is 19.9. The van der Waals surface area contributed by atoms with Gasteiger partial charge in [0.1, 0.15) is 18.0 Å². The van der Waals surface area contributed by atoms with Gasteiger partial charge in [-0.15, -0.1) is 0 Å². The highest BCUT2D eigenvalue weighted by atomic mass is 16.5. The zero-order chi connectivity index (χ0) is 14.4. The number of nitrogens with two attached hydrogens (primary N) is 1. The lowest BCUT2D eigenvalue weighted by atomic mass is 10.2. The number of nitrogens with one attached hydrogen (secondary N) is 2. The Labute approximate surface area is 119 Å². The molecule has 4 N–H and O–H groups in total. The minimum Gasteiger partial charge on any atom is -0.374 e. The number of hydrogen-bond acceptors (Lipinski definition) is 7. The monoisotopic (exact) mass is 280 g/mol. The molecule has 1 aromatic rings. The van der Waals surface area contributed by atoms with Gasteiger partial charge in [0.05, 0.1) is 12.7 Å². The third-order valence-corrected chi connectivity index (χ3v) is 3.60. The van der Waals surface area contributed by atoms with Gasteiger partial charge in [-0.1, -0.05) is 13.8 Å². The van der Waals surface area contributed by atoms with Crippen molar-refractivity contribution in [3.05, 3.63) is 11.9 Å². The molecule has 1 aliphatic rings. The van der Waals surface area contributed by atoms with E-state index in [0.29, 0.717) is 5.82 Å². The average Bonchev–Trinajstić information content (AvgIpc) is 2.52. The first-order valence-corrected chi connectivity index (χ1v) is 7.16. The van der Waals surface area contributed by atoms with Crippen LogP contribution in [0.3, 0.4) is 0 Å². The first kappa shape index (κ1) is 15.0. The van der Waals surface area contributed by atoms with Crippen LogP contribution in [0.2, 0.25) is 0 Å². The number of ether oxygens (including phenoxy) is 1. The van der Waals surface area contributed by atoms with Crippen molar-refractivity contribution >= 4 is 11.6 Å². The van der Waals surface area contributed by atoms with Gasteiger partial charge in [-0.05, 0) is 13.0 Å². The Hall–Kier alpha value is -1.44. The minimum absolute atomic E-state index is 0.192. The molecule has 1 aromatic heterocycles. The molecule has 2 rings (SSSR count). The maximum absolute atomic E-state index is 5.77. The predicted molar refractivity (Wildman–Crippen MR) is 79.6 cm³/mol. The quantitative estimate of drug-likeness (QED) is 0.515. The van der Waals surface area contributed by atoms with Crippen LogP contribution in [-0.2, 0) is 11.2 Å². The molecule has 1 atom stereocenters. The summed E-state index contributed by atoms with van der Waals surface area (Å²) in [6.07, 6.45) is 2.52. The van der Waals surface area contributed by atoms with Gasteiger partial charge in [0, 0.05) is 25.2 Å². The van der Waals surface area contributed by atoms with Crippen LogP contribution in [0, 0.1) is 0 Å². The first-order chi connectivity index (χ1) is 9.78. The molecule has 1 unspecified atom stereocenters. The molecule has 112 valence electrons. The van der Waals surface area contributed by atoms with E-state index in [1.54, 1.807) is 0 Å².